The number of hydrogen-bond acceptors (Lipinski definition) is 3. The molecule has 2 unspecified atom stereocenters. The van der Waals surface area contributed by atoms with Gasteiger partial charge in [-0.3, -0.25) is 9.80 Å². The van der Waals surface area contributed by atoms with Crippen molar-refractivity contribution < 1.29 is 4.79 Å². The molecule has 4 nitrogen and oxygen atoms in total. The first kappa shape index (κ1) is 10.5. The molecule has 1 saturated carbocycles. The van der Waals surface area contributed by atoms with Crippen molar-refractivity contribution in [2.45, 2.75) is 50.6 Å². The van der Waals surface area contributed by atoms with E-state index < -0.39 is 0 Å². The fourth-order valence-electron chi connectivity index (χ4n) is 3.02. The lowest BCUT2D eigenvalue weighted by atomic mass is 9.79. The van der Waals surface area contributed by atoms with E-state index in [9.17, 15) is 4.79 Å². The second-order valence-electron chi connectivity index (χ2n) is 5.43. The van der Waals surface area contributed by atoms with Crippen LogP contribution in [0.5, 0.6) is 0 Å². The van der Waals surface area contributed by atoms with Crippen LogP contribution < -0.4 is 10.7 Å². The first-order valence-corrected chi connectivity index (χ1v) is 6.63. The van der Waals surface area contributed by atoms with Crippen molar-refractivity contribution in [2.75, 3.05) is 13.1 Å². The lowest BCUT2D eigenvalue weighted by Gasteiger charge is -2.31. The van der Waals surface area contributed by atoms with Gasteiger partial charge in [0.15, 0.2) is 0 Å². The molecule has 0 aromatic rings. The molecule has 0 radical (unpaired) electrons. The normalized spacial score (nSPS) is 35.8. The largest absolute Gasteiger partial charge is 0.312 e. The van der Waals surface area contributed by atoms with Crippen LogP contribution in [0.25, 0.3) is 0 Å². The summed E-state index contributed by atoms with van der Waals surface area (Å²) in [5.41, 5.74) is 3.41. The first-order valence-electron chi connectivity index (χ1n) is 6.63. The molecule has 2 atom stereocenters. The van der Waals surface area contributed by atoms with E-state index in [2.05, 4.69) is 10.7 Å². The van der Waals surface area contributed by atoms with E-state index >= 15 is 0 Å². The summed E-state index contributed by atoms with van der Waals surface area (Å²) in [5, 5.41) is 5.31. The van der Waals surface area contributed by atoms with Crippen LogP contribution in [-0.2, 0) is 4.79 Å². The molecule has 1 amide bonds. The third-order valence-corrected chi connectivity index (χ3v) is 4.30. The minimum atomic E-state index is 0.297. The highest BCUT2D eigenvalue weighted by atomic mass is 16.2. The summed E-state index contributed by atoms with van der Waals surface area (Å²) in [6, 6.07) is 0.944. The Labute approximate surface area is 96.7 Å². The molecule has 90 valence electrons. The maximum atomic E-state index is 11.9. The highest BCUT2D eigenvalue weighted by Crippen LogP contribution is 2.33. The van der Waals surface area contributed by atoms with Crippen LogP contribution in [0, 0.1) is 5.92 Å². The fraction of sp³-hybridized carbons (Fsp3) is 0.917. The maximum absolute atomic E-state index is 11.9. The predicted molar refractivity (Wildman–Crippen MR) is 61.6 cm³/mol. The molecular weight excluding hydrogens is 202 g/mol. The molecule has 3 fully saturated rings. The van der Waals surface area contributed by atoms with Crippen LogP contribution in [0.3, 0.4) is 0 Å². The molecule has 2 aliphatic heterocycles. The highest BCUT2D eigenvalue weighted by molar-refractivity contribution is 5.78. The van der Waals surface area contributed by atoms with Gasteiger partial charge >= 0.3 is 0 Å². The Balaban J connectivity index is 1.53. The second-order valence-corrected chi connectivity index (χ2v) is 5.43. The van der Waals surface area contributed by atoms with Crippen LogP contribution in [0.4, 0.5) is 0 Å². The zero-order valence-electron chi connectivity index (χ0n) is 9.74. The number of nitrogens with one attached hydrogen (secondary N) is 2. The van der Waals surface area contributed by atoms with Crippen molar-refractivity contribution in [3.63, 3.8) is 0 Å². The molecule has 16 heavy (non-hydrogen) atoms. The van der Waals surface area contributed by atoms with Gasteiger partial charge in [-0.2, -0.15) is 0 Å². The fourth-order valence-corrected chi connectivity index (χ4v) is 3.02. The standard InChI is InChI=1S/C12H21N3O/c16-12-7-11(9-3-1-4-9)14-15(12)8-10-5-2-6-13-10/h9-11,13-14H,1-8H2. The molecule has 3 rings (SSSR count). The lowest BCUT2D eigenvalue weighted by Crippen LogP contribution is -2.47. The summed E-state index contributed by atoms with van der Waals surface area (Å²) >= 11 is 0. The molecule has 1 aliphatic carbocycles. The maximum Gasteiger partial charge on any atom is 0.238 e. The van der Waals surface area contributed by atoms with Crippen molar-refractivity contribution in [3.05, 3.63) is 0 Å². The molecule has 4 heteroatoms. The zero-order chi connectivity index (χ0) is 11.0. The molecule has 2 saturated heterocycles. The quantitative estimate of drug-likeness (QED) is 0.738. The molecule has 0 aromatic carbocycles. The van der Waals surface area contributed by atoms with Gasteiger partial charge in [0.2, 0.25) is 5.91 Å². The summed E-state index contributed by atoms with van der Waals surface area (Å²) in [4.78, 5) is 11.9. The van der Waals surface area contributed by atoms with E-state index in [-0.39, 0.29) is 0 Å². The van der Waals surface area contributed by atoms with Gasteiger partial charge < -0.3 is 5.32 Å². The Bertz CT molecular complexity index is 271. The summed E-state index contributed by atoms with van der Waals surface area (Å²) in [7, 11) is 0. The lowest BCUT2D eigenvalue weighted by molar-refractivity contribution is -0.129. The van der Waals surface area contributed by atoms with Crippen molar-refractivity contribution in [2.24, 2.45) is 5.92 Å². The van der Waals surface area contributed by atoms with Crippen molar-refractivity contribution in [1.29, 1.82) is 0 Å². The smallest absolute Gasteiger partial charge is 0.238 e. The molecule has 3 aliphatic rings. The third kappa shape index (κ3) is 1.96. The van der Waals surface area contributed by atoms with Gasteiger partial charge in [0.1, 0.15) is 0 Å². The Morgan fingerprint density at radius 1 is 1.25 bits per heavy atom. The Morgan fingerprint density at radius 3 is 2.75 bits per heavy atom. The number of rotatable bonds is 3. The third-order valence-electron chi connectivity index (χ3n) is 4.30. The van der Waals surface area contributed by atoms with E-state index in [1.165, 1.54) is 32.1 Å². The van der Waals surface area contributed by atoms with Gasteiger partial charge in [0.05, 0.1) is 6.54 Å². The van der Waals surface area contributed by atoms with E-state index in [4.69, 9.17) is 0 Å². The Morgan fingerprint density at radius 2 is 2.12 bits per heavy atom. The van der Waals surface area contributed by atoms with Crippen molar-refractivity contribution >= 4 is 5.91 Å². The summed E-state index contributed by atoms with van der Waals surface area (Å²) in [6.07, 6.45) is 7.14. The monoisotopic (exact) mass is 223 g/mol. The topological polar surface area (TPSA) is 44.4 Å². The first-order chi connectivity index (χ1) is 7.83. The number of nitrogens with zero attached hydrogens (tertiary/aromatic N) is 1. The number of amides is 1. The van der Waals surface area contributed by atoms with Crippen molar-refractivity contribution in [1.82, 2.24) is 15.8 Å². The Hall–Kier alpha value is -0.610. The minimum absolute atomic E-state index is 0.297. The van der Waals surface area contributed by atoms with E-state index in [0.29, 0.717) is 18.0 Å². The van der Waals surface area contributed by atoms with Gasteiger partial charge in [-0.05, 0) is 38.1 Å². The van der Waals surface area contributed by atoms with Gasteiger partial charge in [0.25, 0.3) is 0 Å². The van der Waals surface area contributed by atoms with Gasteiger partial charge in [-0.1, -0.05) is 6.42 Å². The molecule has 0 aromatic heterocycles. The number of carbonyl (C=O) groups is 1. The Kier molecular flexibility index (Phi) is 2.86. The molecule has 0 bridgehead atoms. The summed E-state index contributed by atoms with van der Waals surface area (Å²) in [6.45, 7) is 1.96. The van der Waals surface area contributed by atoms with E-state index in [1.54, 1.807) is 0 Å². The van der Waals surface area contributed by atoms with Gasteiger partial charge in [-0.25, -0.2) is 5.43 Å². The van der Waals surface area contributed by atoms with Gasteiger partial charge in [0, 0.05) is 18.5 Å². The SMILES string of the molecule is O=C1CC(C2CCC2)NN1CC1CCCN1. The number of hydrogen-bond donors (Lipinski definition) is 2. The van der Waals surface area contributed by atoms with Gasteiger partial charge in [-0.15, -0.1) is 0 Å². The van der Waals surface area contributed by atoms with Crippen LogP contribution in [0.15, 0.2) is 0 Å². The highest BCUT2D eigenvalue weighted by Gasteiger charge is 2.37. The molecule has 0 spiro atoms. The molecule has 2 N–H and O–H groups in total. The number of carbonyl (C=O) groups excluding carboxylic acids is 1. The van der Waals surface area contributed by atoms with Crippen LogP contribution in [0.1, 0.15) is 38.5 Å². The average Bonchev–Trinajstić information content (AvgIpc) is 2.76. The summed E-state index contributed by atoms with van der Waals surface area (Å²) < 4.78 is 0. The van der Waals surface area contributed by atoms with Crippen LogP contribution in [-0.4, -0.2) is 36.1 Å². The van der Waals surface area contributed by atoms with E-state index in [1.807, 2.05) is 5.01 Å². The zero-order valence-corrected chi connectivity index (χ0v) is 9.74. The van der Waals surface area contributed by atoms with E-state index in [0.717, 1.165) is 25.4 Å². The van der Waals surface area contributed by atoms with Crippen molar-refractivity contribution in [3.8, 4) is 0 Å². The predicted octanol–water partition coefficient (Wildman–Crippen LogP) is 0.644. The summed E-state index contributed by atoms with van der Waals surface area (Å²) in [5.74, 6) is 1.05. The molecule has 2 heterocycles. The molecular formula is C12H21N3O. The minimum Gasteiger partial charge on any atom is -0.312 e. The second kappa shape index (κ2) is 4.34. The van der Waals surface area contributed by atoms with Crippen LogP contribution >= 0.6 is 0 Å². The average molecular weight is 223 g/mol. The van der Waals surface area contributed by atoms with Crippen LogP contribution in [0.2, 0.25) is 0 Å². The number of hydrazine groups is 1.